The van der Waals surface area contributed by atoms with Crippen LogP contribution < -0.4 is 5.32 Å². The summed E-state index contributed by atoms with van der Waals surface area (Å²) in [5.74, 6) is 0. The Morgan fingerprint density at radius 1 is 1.46 bits per heavy atom. The first-order chi connectivity index (χ1) is 6.22. The number of hydrogen-bond acceptors (Lipinski definition) is 3. The summed E-state index contributed by atoms with van der Waals surface area (Å²) in [7, 11) is 4.11. The molecule has 1 aliphatic rings. The Kier molecular flexibility index (Phi) is 3.88. The summed E-state index contributed by atoms with van der Waals surface area (Å²) in [6.07, 6.45) is 4.07. The van der Waals surface area contributed by atoms with E-state index >= 15 is 0 Å². The van der Waals surface area contributed by atoms with Gasteiger partial charge in [0, 0.05) is 13.0 Å². The predicted molar refractivity (Wildman–Crippen MR) is 53.8 cm³/mol. The maximum absolute atomic E-state index is 10.6. The van der Waals surface area contributed by atoms with Crippen molar-refractivity contribution >= 4 is 6.29 Å². The molecule has 0 aromatic heterocycles. The smallest absolute Gasteiger partial charge is 0.120 e. The first kappa shape index (κ1) is 10.7. The van der Waals surface area contributed by atoms with Crippen LogP contribution in [0.4, 0.5) is 0 Å². The summed E-state index contributed by atoms with van der Waals surface area (Å²) in [5.41, 5.74) is 0.239. The second kappa shape index (κ2) is 4.72. The number of rotatable bonds is 4. The molecular formula is C10H20N2O. The van der Waals surface area contributed by atoms with Gasteiger partial charge >= 0.3 is 0 Å². The number of likely N-dealkylation sites (tertiary alicyclic amines) is 1. The molecule has 13 heavy (non-hydrogen) atoms. The van der Waals surface area contributed by atoms with E-state index in [0.717, 1.165) is 38.8 Å². The van der Waals surface area contributed by atoms with Crippen molar-refractivity contribution in [2.45, 2.75) is 19.3 Å². The van der Waals surface area contributed by atoms with Crippen molar-refractivity contribution in [3.63, 3.8) is 0 Å². The van der Waals surface area contributed by atoms with Crippen molar-refractivity contribution < 1.29 is 4.79 Å². The van der Waals surface area contributed by atoms with Gasteiger partial charge in [-0.3, -0.25) is 0 Å². The highest BCUT2D eigenvalue weighted by Crippen LogP contribution is 2.32. The lowest BCUT2D eigenvalue weighted by Crippen LogP contribution is -2.43. The summed E-state index contributed by atoms with van der Waals surface area (Å²) in [4.78, 5) is 12.9. The maximum atomic E-state index is 10.6. The quantitative estimate of drug-likeness (QED) is 0.646. The number of piperidine rings is 1. The molecule has 1 heterocycles. The second-order valence-electron chi connectivity index (χ2n) is 4.20. The largest absolute Gasteiger partial charge is 0.319 e. The standard InChI is InChI=1S/C10H20N2O/c1-11-9-10(5-8-13)3-6-12(2)7-4-10/h8,11H,3-7,9H2,1-2H3. The molecule has 0 bridgehead atoms. The Bertz CT molecular complexity index is 162. The molecule has 0 aromatic carbocycles. The van der Waals surface area contributed by atoms with Gasteiger partial charge in [0.2, 0.25) is 0 Å². The molecule has 3 nitrogen and oxygen atoms in total. The Hall–Kier alpha value is -0.410. The van der Waals surface area contributed by atoms with Gasteiger partial charge in [-0.15, -0.1) is 0 Å². The van der Waals surface area contributed by atoms with Gasteiger partial charge in [0.15, 0.2) is 0 Å². The number of carbonyl (C=O) groups is 1. The molecule has 0 unspecified atom stereocenters. The van der Waals surface area contributed by atoms with Crippen molar-refractivity contribution in [2.75, 3.05) is 33.7 Å². The van der Waals surface area contributed by atoms with Gasteiger partial charge in [0.25, 0.3) is 0 Å². The fourth-order valence-electron chi connectivity index (χ4n) is 2.10. The number of carbonyl (C=O) groups excluding carboxylic acids is 1. The van der Waals surface area contributed by atoms with Gasteiger partial charge in [-0.05, 0) is 45.4 Å². The first-order valence-electron chi connectivity index (χ1n) is 4.99. The van der Waals surface area contributed by atoms with Crippen LogP contribution >= 0.6 is 0 Å². The molecule has 0 aliphatic carbocycles. The summed E-state index contributed by atoms with van der Waals surface area (Å²) in [6.45, 7) is 3.21. The van der Waals surface area contributed by atoms with Gasteiger partial charge in [-0.25, -0.2) is 0 Å². The van der Waals surface area contributed by atoms with E-state index in [1.807, 2.05) is 7.05 Å². The lowest BCUT2D eigenvalue weighted by Gasteiger charge is -2.39. The number of aldehydes is 1. The third-order valence-corrected chi connectivity index (χ3v) is 3.12. The molecule has 1 rings (SSSR count). The summed E-state index contributed by atoms with van der Waals surface area (Å²) in [6, 6.07) is 0. The van der Waals surface area contributed by atoms with Gasteiger partial charge in [0.1, 0.15) is 6.29 Å². The van der Waals surface area contributed by atoms with Crippen LogP contribution in [0.5, 0.6) is 0 Å². The lowest BCUT2D eigenvalue weighted by molar-refractivity contribution is -0.110. The van der Waals surface area contributed by atoms with Crippen LogP contribution in [-0.4, -0.2) is 44.9 Å². The Labute approximate surface area is 80.5 Å². The minimum absolute atomic E-state index is 0.239. The van der Waals surface area contributed by atoms with Gasteiger partial charge in [0.05, 0.1) is 0 Å². The first-order valence-corrected chi connectivity index (χ1v) is 4.99. The van der Waals surface area contributed by atoms with Crippen LogP contribution in [-0.2, 0) is 4.79 Å². The number of nitrogens with one attached hydrogen (secondary N) is 1. The Morgan fingerprint density at radius 3 is 2.54 bits per heavy atom. The van der Waals surface area contributed by atoms with E-state index in [1.54, 1.807) is 0 Å². The normalized spacial score (nSPS) is 22.9. The molecule has 0 atom stereocenters. The number of hydrogen-bond donors (Lipinski definition) is 1. The number of nitrogens with zero attached hydrogens (tertiary/aromatic N) is 1. The van der Waals surface area contributed by atoms with Crippen LogP contribution in [0.15, 0.2) is 0 Å². The van der Waals surface area contributed by atoms with E-state index in [-0.39, 0.29) is 5.41 Å². The summed E-state index contributed by atoms with van der Waals surface area (Å²) >= 11 is 0. The molecular weight excluding hydrogens is 164 g/mol. The van der Waals surface area contributed by atoms with Crippen molar-refractivity contribution in [1.82, 2.24) is 10.2 Å². The van der Waals surface area contributed by atoms with E-state index < -0.39 is 0 Å². The molecule has 0 radical (unpaired) electrons. The minimum Gasteiger partial charge on any atom is -0.319 e. The Balaban J connectivity index is 2.51. The zero-order valence-corrected chi connectivity index (χ0v) is 8.68. The maximum Gasteiger partial charge on any atom is 0.120 e. The molecule has 76 valence electrons. The SMILES string of the molecule is CNCC1(CC=O)CCN(C)CC1. The molecule has 0 aromatic rings. The highest BCUT2D eigenvalue weighted by molar-refractivity contribution is 5.51. The molecule has 1 N–H and O–H groups in total. The molecule has 1 saturated heterocycles. The predicted octanol–water partition coefficient (Wildman–Crippen LogP) is 0.507. The van der Waals surface area contributed by atoms with Crippen molar-refractivity contribution in [1.29, 1.82) is 0 Å². The average Bonchev–Trinajstić information content (AvgIpc) is 2.11. The lowest BCUT2D eigenvalue weighted by atomic mass is 9.76. The molecule has 1 fully saturated rings. The summed E-state index contributed by atoms with van der Waals surface area (Å²) in [5, 5.41) is 3.20. The third kappa shape index (κ3) is 2.78. The van der Waals surface area contributed by atoms with Gasteiger partial charge < -0.3 is 15.0 Å². The van der Waals surface area contributed by atoms with Crippen LogP contribution in [0.2, 0.25) is 0 Å². The molecule has 0 saturated carbocycles. The van der Waals surface area contributed by atoms with Crippen molar-refractivity contribution in [3.05, 3.63) is 0 Å². The molecule has 3 heteroatoms. The van der Waals surface area contributed by atoms with Crippen LogP contribution in [0.3, 0.4) is 0 Å². The van der Waals surface area contributed by atoms with E-state index in [9.17, 15) is 4.79 Å². The van der Waals surface area contributed by atoms with E-state index in [1.165, 1.54) is 0 Å². The molecule has 1 aliphatic heterocycles. The van der Waals surface area contributed by atoms with E-state index in [0.29, 0.717) is 6.42 Å². The van der Waals surface area contributed by atoms with Gasteiger partial charge in [-0.2, -0.15) is 0 Å². The van der Waals surface area contributed by atoms with E-state index in [2.05, 4.69) is 17.3 Å². The van der Waals surface area contributed by atoms with Crippen LogP contribution in [0.1, 0.15) is 19.3 Å². The minimum atomic E-state index is 0.239. The fourth-order valence-corrected chi connectivity index (χ4v) is 2.10. The van der Waals surface area contributed by atoms with Crippen molar-refractivity contribution in [2.24, 2.45) is 5.41 Å². The highest BCUT2D eigenvalue weighted by atomic mass is 16.1. The molecule has 0 amide bonds. The Morgan fingerprint density at radius 2 is 2.08 bits per heavy atom. The molecule has 0 spiro atoms. The van der Waals surface area contributed by atoms with E-state index in [4.69, 9.17) is 0 Å². The average molecular weight is 184 g/mol. The van der Waals surface area contributed by atoms with Crippen LogP contribution in [0, 0.1) is 5.41 Å². The monoisotopic (exact) mass is 184 g/mol. The third-order valence-electron chi connectivity index (χ3n) is 3.12. The van der Waals surface area contributed by atoms with Gasteiger partial charge in [-0.1, -0.05) is 0 Å². The topological polar surface area (TPSA) is 32.3 Å². The van der Waals surface area contributed by atoms with Crippen LogP contribution in [0.25, 0.3) is 0 Å². The zero-order chi connectivity index (χ0) is 9.73. The zero-order valence-electron chi connectivity index (χ0n) is 8.68. The highest BCUT2D eigenvalue weighted by Gasteiger charge is 2.32. The second-order valence-corrected chi connectivity index (χ2v) is 4.20. The summed E-state index contributed by atoms with van der Waals surface area (Å²) < 4.78 is 0. The van der Waals surface area contributed by atoms with Crippen molar-refractivity contribution in [3.8, 4) is 0 Å². The fraction of sp³-hybridized carbons (Fsp3) is 0.900.